The minimum absolute atomic E-state index is 0.0164. The minimum Gasteiger partial charge on any atom is -0.393 e. The Balaban J connectivity index is 3.78. The van der Waals surface area contributed by atoms with E-state index in [1.807, 2.05) is 0 Å². The zero-order valence-corrected chi connectivity index (χ0v) is 10.8. The van der Waals surface area contributed by atoms with E-state index in [4.69, 9.17) is 18.0 Å². The molecule has 0 spiro atoms. The fourth-order valence-corrected chi connectivity index (χ4v) is 1.51. The van der Waals surface area contributed by atoms with Crippen LogP contribution in [0.25, 0.3) is 0 Å². The van der Waals surface area contributed by atoms with Crippen LogP contribution in [0.4, 0.5) is 0 Å². The van der Waals surface area contributed by atoms with Crippen LogP contribution in [0.15, 0.2) is 0 Å². The zero-order valence-electron chi connectivity index (χ0n) is 9.97. The van der Waals surface area contributed by atoms with Crippen molar-refractivity contribution in [3.05, 3.63) is 0 Å². The number of nitrogens with two attached hydrogens (primary N) is 1. The molecule has 0 aromatic heterocycles. The number of hydrogen-bond donors (Lipinski definition) is 1. The summed E-state index contributed by atoms with van der Waals surface area (Å²) in [5, 5.41) is 0. The molecule has 84 valence electrons. The van der Waals surface area contributed by atoms with Crippen LogP contribution in [-0.2, 0) is 0 Å². The van der Waals surface area contributed by atoms with Crippen LogP contribution < -0.4 is 5.73 Å². The van der Waals surface area contributed by atoms with Gasteiger partial charge in [-0.25, -0.2) is 0 Å². The Bertz CT molecular complexity index is 174. The van der Waals surface area contributed by atoms with Crippen molar-refractivity contribution in [3.63, 3.8) is 0 Å². The van der Waals surface area contributed by atoms with Crippen molar-refractivity contribution in [1.29, 1.82) is 0 Å². The van der Waals surface area contributed by atoms with Crippen LogP contribution in [0, 0.1) is 5.41 Å². The predicted octanol–water partition coefficient (Wildman–Crippen LogP) is 2.42. The molecule has 0 aliphatic heterocycles. The third-order valence-electron chi connectivity index (χ3n) is 2.84. The van der Waals surface area contributed by atoms with Gasteiger partial charge in [0, 0.05) is 5.41 Å². The van der Waals surface area contributed by atoms with E-state index in [1.165, 1.54) is 6.42 Å². The molecule has 0 unspecified atom stereocenters. The average Bonchev–Trinajstić information content (AvgIpc) is 2.12. The Hall–Kier alpha value is -0.150. The molecule has 0 bridgehead atoms. The number of hydrogen-bond acceptors (Lipinski definition) is 2. The van der Waals surface area contributed by atoms with E-state index < -0.39 is 0 Å². The lowest BCUT2D eigenvalue weighted by atomic mass is 9.88. The Morgan fingerprint density at radius 2 is 1.79 bits per heavy atom. The van der Waals surface area contributed by atoms with Gasteiger partial charge in [0.05, 0.1) is 4.99 Å². The van der Waals surface area contributed by atoms with E-state index in [0.717, 1.165) is 26.1 Å². The number of thiocarbonyl (C=S) groups is 1. The fraction of sp³-hybridized carbons (Fsp3) is 0.909. The van der Waals surface area contributed by atoms with Crippen LogP contribution >= 0.6 is 12.2 Å². The molecule has 2 N–H and O–H groups in total. The lowest BCUT2D eigenvalue weighted by molar-refractivity contribution is 0.283. The monoisotopic (exact) mass is 216 g/mol. The fourth-order valence-electron chi connectivity index (χ4n) is 1.41. The van der Waals surface area contributed by atoms with Gasteiger partial charge in [0.15, 0.2) is 0 Å². The summed E-state index contributed by atoms with van der Waals surface area (Å²) in [6.07, 6.45) is 2.25. The van der Waals surface area contributed by atoms with Gasteiger partial charge in [-0.1, -0.05) is 39.9 Å². The van der Waals surface area contributed by atoms with Crippen molar-refractivity contribution in [1.82, 2.24) is 4.90 Å². The Labute approximate surface area is 93.8 Å². The largest absolute Gasteiger partial charge is 0.393 e. The summed E-state index contributed by atoms with van der Waals surface area (Å²) in [6, 6.07) is 0. The Morgan fingerprint density at radius 3 is 2.14 bits per heavy atom. The molecule has 0 aliphatic carbocycles. The molecule has 0 fully saturated rings. The summed E-state index contributed by atoms with van der Waals surface area (Å²) in [5.41, 5.74) is 5.69. The Kier molecular flexibility index (Phi) is 6.29. The molecule has 0 amide bonds. The highest BCUT2D eigenvalue weighted by Crippen LogP contribution is 2.22. The quantitative estimate of drug-likeness (QED) is 0.663. The molecular formula is C11H24N2S. The zero-order chi connectivity index (χ0) is 11.2. The summed E-state index contributed by atoms with van der Waals surface area (Å²) in [7, 11) is 0. The van der Waals surface area contributed by atoms with Crippen molar-refractivity contribution in [2.75, 3.05) is 19.6 Å². The second kappa shape index (κ2) is 6.36. The molecule has 0 aliphatic rings. The molecule has 2 nitrogen and oxygen atoms in total. The summed E-state index contributed by atoms with van der Waals surface area (Å²) >= 11 is 5.03. The van der Waals surface area contributed by atoms with E-state index >= 15 is 0 Å². The molecular weight excluding hydrogens is 192 g/mol. The second-order valence-electron chi connectivity index (χ2n) is 4.38. The van der Waals surface area contributed by atoms with Gasteiger partial charge in [-0.3, -0.25) is 0 Å². The highest BCUT2D eigenvalue weighted by molar-refractivity contribution is 7.80. The SMILES string of the molecule is CCN(CC)CCCC(C)(C)C(N)=S. The third-order valence-corrected chi connectivity index (χ3v) is 3.39. The maximum atomic E-state index is 5.67. The van der Waals surface area contributed by atoms with Gasteiger partial charge in [-0.2, -0.15) is 0 Å². The summed E-state index contributed by atoms with van der Waals surface area (Å²) in [4.78, 5) is 3.06. The molecule has 14 heavy (non-hydrogen) atoms. The molecule has 0 atom stereocenters. The molecule has 3 heteroatoms. The minimum atomic E-state index is 0.0164. The average molecular weight is 216 g/mol. The van der Waals surface area contributed by atoms with E-state index in [9.17, 15) is 0 Å². The lowest BCUT2D eigenvalue weighted by Crippen LogP contribution is -2.31. The standard InChI is InChI=1S/C11H24N2S/c1-5-13(6-2)9-7-8-11(3,4)10(12)14/h5-9H2,1-4H3,(H2,12,14). The number of rotatable bonds is 7. The molecule has 0 aromatic carbocycles. The third kappa shape index (κ3) is 4.91. The predicted molar refractivity (Wildman–Crippen MR) is 67.6 cm³/mol. The van der Waals surface area contributed by atoms with E-state index in [2.05, 4.69) is 32.6 Å². The summed E-state index contributed by atoms with van der Waals surface area (Å²) < 4.78 is 0. The van der Waals surface area contributed by atoms with Gasteiger partial charge in [-0.15, -0.1) is 0 Å². The first kappa shape index (κ1) is 13.8. The maximum absolute atomic E-state index is 5.67. The lowest BCUT2D eigenvalue weighted by Gasteiger charge is -2.25. The van der Waals surface area contributed by atoms with E-state index in [0.29, 0.717) is 4.99 Å². The van der Waals surface area contributed by atoms with E-state index in [1.54, 1.807) is 0 Å². The van der Waals surface area contributed by atoms with E-state index in [-0.39, 0.29) is 5.41 Å². The van der Waals surface area contributed by atoms with Gasteiger partial charge in [0.2, 0.25) is 0 Å². The number of nitrogens with zero attached hydrogens (tertiary/aromatic N) is 1. The van der Waals surface area contributed by atoms with Gasteiger partial charge in [-0.05, 0) is 32.5 Å². The van der Waals surface area contributed by atoms with Crippen molar-refractivity contribution in [2.24, 2.45) is 11.1 Å². The molecule has 0 saturated carbocycles. The first-order valence-electron chi connectivity index (χ1n) is 5.46. The molecule has 0 rings (SSSR count). The van der Waals surface area contributed by atoms with Gasteiger partial charge >= 0.3 is 0 Å². The van der Waals surface area contributed by atoms with Crippen LogP contribution in [0.2, 0.25) is 0 Å². The van der Waals surface area contributed by atoms with Crippen molar-refractivity contribution in [2.45, 2.75) is 40.5 Å². The van der Waals surface area contributed by atoms with Crippen molar-refractivity contribution >= 4 is 17.2 Å². The van der Waals surface area contributed by atoms with Crippen LogP contribution in [0.3, 0.4) is 0 Å². The van der Waals surface area contributed by atoms with Gasteiger partial charge in [0.1, 0.15) is 0 Å². The van der Waals surface area contributed by atoms with Gasteiger partial charge in [0.25, 0.3) is 0 Å². The molecule has 0 heterocycles. The second-order valence-corrected chi connectivity index (χ2v) is 4.82. The molecule has 0 radical (unpaired) electrons. The Morgan fingerprint density at radius 1 is 1.29 bits per heavy atom. The smallest absolute Gasteiger partial charge is 0.0784 e. The van der Waals surface area contributed by atoms with Crippen molar-refractivity contribution < 1.29 is 0 Å². The van der Waals surface area contributed by atoms with Crippen LogP contribution in [-0.4, -0.2) is 29.5 Å². The highest BCUT2D eigenvalue weighted by atomic mass is 32.1. The maximum Gasteiger partial charge on any atom is 0.0784 e. The summed E-state index contributed by atoms with van der Waals surface area (Å²) in [5.74, 6) is 0. The topological polar surface area (TPSA) is 29.3 Å². The first-order chi connectivity index (χ1) is 6.44. The molecule has 0 saturated heterocycles. The highest BCUT2D eigenvalue weighted by Gasteiger charge is 2.20. The van der Waals surface area contributed by atoms with Crippen LogP contribution in [0.1, 0.15) is 40.5 Å². The van der Waals surface area contributed by atoms with Crippen molar-refractivity contribution in [3.8, 4) is 0 Å². The van der Waals surface area contributed by atoms with Crippen LogP contribution in [0.5, 0.6) is 0 Å². The summed E-state index contributed by atoms with van der Waals surface area (Å²) in [6.45, 7) is 12.0. The normalized spacial score (nSPS) is 12.1. The molecule has 0 aromatic rings. The first-order valence-corrected chi connectivity index (χ1v) is 5.87. The van der Waals surface area contributed by atoms with Gasteiger partial charge < -0.3 is 10.6 Å².